The molecule has 1 aliphatic rings. The minimum Gasteiger partial charge on any atom is -0.474 e. The van der Waals surface area contributed by atoms with E-state index in [9.17, 15) is 0 Å². The van der Waals surface area contributed by atoms with Crippen molar-refractivity contribution in [1.29, 1.82) is 0 Å². The van der Waals surface area contributed by atoms with Crippen molar-refractivity contribution in [2.45, 2.75) is 25.9 Å². The highest BCUT2D eigenvalue weighted by Gasteiger charge is 2.16. The number of nitrogens with one attached hydrogen (secondary N) is 1. The molecule has 0 atom stereocenters. The van der Waals surface area contributed by atoms with Gasteiger partial charge in [0.05, 0.1) is 5.69 Å². The van der Waals surface area contributed by atoms with Gasteiger partial charge in [0.2, 0.25) is 5.88 Å². The molecule has 0 amide bonds. The summed E-state index contributed by atoms with van der Waals surface area (Å²) >= 11 is 0. The average Bonchev–Trinajstić information content (AvgIpc) is 2.47. The molecule has 0 aliphatic carbocycles. The number of hydrogen-bond donors (Lipinski definition) is 1. The van der Waals surface area contributed by atoms with Crippen molar-refractivity contribution >= 4 is 0 Å². The van der Waals surface area contributed by atoms with E-state index in [-0.39, 0.29) is 0 Å². The smallest absolute Gasteiger partial charge is 0.211 e. The highest BCUT2D eigenvalue weighted by atomic mass is 16.5. The van der Waals surface area contributed by atoms with Gasteiger partial charge < -0.3 is 10.1 Å². The number of nitrogens with zero attached hydrogens (tertiary/aromatic N) is 2. The van der Waals surface area contributed by atoms with Gasteiger partial charge in [-0.2, -0.15) is 5.10 Å². The predicted molar refractivity (Wildman–Crippen MR) is 54.5 cm³/mol. The van der Waals surface area contributed by atoms with Crippen LogP contribution >= 0.6 is 0 Å². The van der Waals surface area contributed by atoms with Crippen LogP contribution in [0.1, 0.15) is 18.5 Å². The molecule has 0 unspecified atom stereocenters. The van der Waals surface area contributed by atoms with Gasteiger partial charge >= 0.3 is 0 Å². The molecule has 2 heterocycles. The molecule has 1 saturated heterocycles. The van der Waals surface area contributed by atoms with Crippen molar-refractivity contribution in [3.63, 3.8) is 0 Å². The second-order valence-electron chi connectivity index (χ2n) is 3.81. The highest BCUT2D eigenvalue weighted by Crippen LogP contribution is 2.16. The topological polar surface area (TPSA) is 39.1 Å². The first-order valence-corrected chi connectivity index (χ1v) is 5.14. The molecule has 0 spiro atoms. The summed E-state index contributed by atoms with van der Waals surface area (Å²) in [5.41, 5.74) is 1.01. The molecule has 1 aromatic heterocycles. The van der Waals surface area contributed by atoms with E-state index in [1.165, 1.54) is 0 Å². The quantitative estimate of drug-likeness (QED) is 0.760. The van der Waals surface area contributed by atoms with Gasteiger partial charge in [-0.3, -0.25) is 0 Å². The van der Waals surface area contributed by atoms with Crippen LogP contribution in [0.15, 0.2) is 6.07 Å². The molecule has 1 aliphatic heterocycles. The Morgan fingerprint density at radius 2 is 2.21 bits per heavy atom. The van der Waals surface area contributed by atoms with Gasteiger partial charge in [-0.1, -0.05) is 0 Å². The number of piperidine rings is 1. The SMILES string of the molecule is Cc1cc(OC2CCNCC2)n(C)n1. The van der Waals surface area contributed by atoms with Crippen LogP contribution in [-0.4, -0.2) is 29.0 Å². The zero-order valence-corrected chi connectivity index (χ0v) is 8.79. The number of rotatable bonds is 2. The summed E-state index contributed by atoms with van der Waals surface area (Å²) < 4.78 is 7.67. The minimum absolute atomic E-state index is 0.353. The van der Waals surface area contributed by atoms with Crippen LogP contribution in [0.2, 0.25) is 0 Å². The molecule has 14 heavy (non-hydrogen) atoms. The molecule has 4 nitrogen and oxygen atoms in total. The lowest BCUT2D eigenvalue weighted by molar-refractivity contribution is 0.149. The van der Waals surface area contributed by atoms with Crippen LogP contribution in [0.3, 0.4) is 0 Å². The van der Waals surface area contributed by atoms with Crippen LogP contribution in [0.4, 0.5) is 0 Å². The molecule has 1 aromatic rings. The third-order valence-electron chi connectivity index (χ3n) is 2.53. The minimum atomic E-state index is 0.353. The van der Waals surface area contributed by atoms with E-state index in [4.69, 9.17) is 4.74 Å². The Hall–Kier alpha value is -1.03. The van der Waals surface area contributed by atoms with Crippen LogP contribution in [0.5, 0.6) is 5.88 Å². The first-order chi connectivity index (χ1) is 6.75. The molecule has 4 heteroatoms. The standard InChI is InChI=1S/C10H17N3O/c1-8-7-10(13(2)12-8)14-9-3-5-11-6-4-9/h7,9,11H,3-6H2,1-2H3. The summed E-state index contributed by atoms with van der Waals surface area (Å²) in [5.74, 6) is 0.884. The lowest BCUT2D eigenvalue weighted by Crippen LogP contribution is -2.34. The summed E-state index contributed by atoms with van der Waals surface area (Å²) in [6.07, 6.45) is 2.53. The van der Waals surface area contributed by atoms with Crippen molar-refractivity contribution in [2.24, 2.45) is 7.05 Å². The Bertz CT molecular complexity index is 302. The summed E-state index contributed by atoms with van der Waals surface area (Å²) in [6, 6.07) is 1.99. The van der Waals surface area contributed by atoms with E-state index < -0.39 is 0 Å². The summed E-state index contributed by atoms with van der Waals surface area (Å²) in [4.78, 5) is 0. The largest absolute Gasteiger partial charge is 0.474 e. The highest BCUT2D eigenvalue weighted by molar-refractivity contribution is 5.14. The Kier molecular flexibility index (Phi) is 2.72. The zero-order chi connectivity index (χ0) is 9.97. The number of aromatic nitrogens is 2. The van der Waals surface area contributed by atoms with Gasteiger partial charge in [0, 0.05) is 13.1 Å². The fourth-order valence-corrected chi connectivity index (χ4v) is 1.78. The van der Waals surface area contributed by atoms with Crippen LogP contribution in [-0.2, 0) is 7.05 Å². The Balaban J connectivity index is 1.98. The monoisotopic (exact) mass is 195 g/mol. The van der Waals surface area contributed by atoms with Gasteiger partial charge in [-0.15, -0.1) is 0 Å². The van der Waals surface area contributed by atoms with Crippen molar-refractivity contribution < 1.29 is 4.74 Å². The Morgan fingerprint density at radius 1 is 1.50 bits per heavy atom. The second-order valence-corrected chi connectivity index (χ2v) is 3.81. The molecule has 78 valence electrons. The molecule has 1 N–H and O–H groups in total. The molecule has 0 radical (unpaired) electrons. The van der Waals surface area contributed by atoms with Crippen molar-refractivity contribution in [1.82, 2.24) is 15.1 Å². The summed E-state index contributed by atoms with van der Waals surface area (Å²) in [7, 11) is 1.92. The van der Waals surface area contributed by atoms with Crippen molar-refractivity contribution in [2.75, 3.05) is 13.1 Å². The fraction of sp³-hybridized carbons (Fsp3) is 0.700. The Morgan fingerprint density at radius 3 is 2.79 bits per heavy atom. The maximum absolute atomic E-state index is 5.87. The van der Waals surface area contributed by atoms with E-state index >= 15 is 0 Å². The Labute approximate surface area is 84.3 Å². The van der Waals surface area contributed by atoms with Crippen LogP contribution in [0, 0.1) is 6.92 Å². The number of ether oxygens (including phenoxy) is 1. The van der Waals surface area contributed by atoms with Gasteiger partial charge in [-0.05, 0) is 32.9 Å². The normalized spacial score (nSPS) is 18.4. The van der Waals surface area contributed by atoms with Gasteiger partial charge in [0.15, 0.2) is 0 Å². The lowest BCUT2D eigenvalue weighted by Gasteiger charge is -2.23. The molecule has 0 saturated carbocycles. The van der Waals surface area contributed by atoms with Crippen LogP contribution in [0.25, 0.3) is 0 Å². The van der Waals surface area contributed by atoms with E-state index in [0.717, 1.165) is 37.5 Å². The summed E-state index contributed by atoms with van der Waals surface area (Å²) in [5, 5.41) is 7.57. The van der Waals surface area contributed by atoms with E-state index in [1.807, 2.05) is 20.0 Å². The van der Waals surface area contributed by atoms with Gasteiger partial charge in [0.25, 0.3) is 0 Å². The van der Waals surface area contributed by atoms with E-state index in [1.54, 1.807) is 4.68 Å². The molecule has 0 bridgehead atoms. The van der Waals surface area contributed by atoms with Crippen molar-refractivity contribution in [3.8, 4) is 5.88 Å². The third kappa shape index (κ3) is 2.07. The lowest BCUT2D eigenvalue weighted by atomic mass is 10.1. The molecular weight excluding hydrogens is 178 g/mol. The second kappa shape index (κ2) is 4.00. The maximum atomic E-state index is 5.87. The van der Waals surface area contributed by atoms with Gasteiger partial charge in [0.1, 0.15) is 6.10 Å². The molecule has 1 fully saturated rings. The molecular formula is C10H17N3O. The van der Waals surface area contributed by atoms with Gasteiger partial charge in [-0.25, -0.2) is 4.68 Å². The molecule has 2 rings (SSSR count). The van der Waals surface area contributed by atoms with Crippen LogP contribution < -0.4 is 10.1 Å². The predicted octanol–water partition coefficient (Wildman–Crippen LogP) is 0.859. The third-order valence-corrected chi connectivity index (χ3v) is 2.53. The number of hydrogen-bond acceptors (Lipinski definition) is 3. The number of aryl methyl sites for hydroxylation is 2. The summed E-state index contributed by atoms with van der Waals surface area (Å²) in [6.45, 7) is 4.10. The first-order valence-electron chi connectivity index (χ1n) is 5.14. The fourth-order valence-electron chi connectivity index (χ4n) is 1.78. The van der Waals surface area contributed by atoms with E-state index in [2.05, 4.69) is 10.4 Å². The first kappa shape index (κ1) is 9.52. The molecule has 0 aromatic carbocycles. The zero-order valence-electron chi connectivity index (χ0n) is 8.79. The average molecular weight is 195 g/mol. The maximum Gasteiger partial charge on any atom is 0.211 e. The van der Waals surface area contributed by atoms with Crippen molar-refractivity contribution in [3.05, 3.63) is 11.8 Å². The van der Waals surface area contributed by atoms with E-state index in [0.29, 0.717) is 6.10 Å².